The molecule has 1 aliphatic heterocycles. The van der Waals surface area contributed by atoms with Crippen LogP contribution in [0.4, 0.5) is 10.5 Å². The predicted molar refractivity (Wildman–Crippen MR) is 109 cm³/mol. The molecule has 2 N–H and O–H groups in total. The van der Waals surface area contributed by atoms with Crippen LogP contribution in [0.3, 0.4) is 0 Å². The largest absolute Gasteiger partial charge is 0.325 e. The fourth-order valence-corrected chi connectivity index (χ4v) is 3.47. The third-order valence-electron chi connectivity index (χ3n) is 5.13. The number of hydrogen-bond acceptors (Lipinski definition) is 4. The van der Waals surface area contributed by atoms with Gasteiger partial charge in [-0.2, -0.15) is 0 Å². The highest BCUT2D eigenvalue weighted by molar-refractivity contribution is 6.11. The molecule has 1 fully saturated rings. The number of hydrogen-bond donors (Lipinski definition) is 2. The third-order valence-corrected chi connectivity index (χ3v) is 5.13. The van der Waals surface area contributed by atoms with Gasteiger partial charge in [0, 0.05) is 11.6 Å². The molecular formula is C22H20N4O3. The first-order chi connectivity index (χ1) is 13.9. The lowest BCUT2D eigenvalue weighted by Gasteiger charge is -2.22. The van der Waals surface area contributed by atoms with Crippen LogP contribution >= 0.6 is 0 Å². The van der Waals surface area contributed by atoms with Gasteiger partial charge in [-0.05, 0) is 43.7 Å². The molecule has 0 saturated carbocycles. The Morgan fingerprint density at radius 3 is 2.62 bits per heavy atom. The zero-order valence-electron chi connectivity index (χ0n) is 16.1. The molecule has 29 heavy (non-hydrogen) atoms. The van der Waals surface area contributed by atoms with E-state index in [1.165, 1.54) is 0 Å². The molecule has 4 amide bonds. The summed E-state index contributed by atoms with van der Waals surface area (Å²) in [6.07, 6.45) is 1.67. The number of aryl methyl sites for hydroxylation is 1. The fraction of sp³-hybridized carbons (Fsp3) is 0.182. The minimum Gasteiger partial charge on any atom is -0.324 e. The molecule has 4 rings (SSSR count). The summed E-state index contributed by atoms with van der Waals surface area (Å²) in [4.78, 5) is 43.2. The van der Waals surface area contributed by atoms with Crippen molar-refractivity contribution in [2.45, 2.75) is 19.4 Å². The van der Waals surface area contributed by atoms with Crippen molar-refractivity contribution in [3.63, 3.8) is 0 Å². The molecular weight excluding hydrogens is 368 g/mol. The lowest BCUT2D eigenvalue weighted by Crippen LogP contribution is -2.42. The van der Waals surface area contributed by atoms with Crippen LogP contribution in [0.15, 0.2) is 60.8 Å². The third kappa shape index (κ3) is 3.31. The molecule has 7 heteroatoms. The first-order valence-corrected chi connectivity index (χ1v) is 9.23. The summed E-state index contributed by atoms with van der Waals surface area (Å²) >= 11 is 0. The molecule has 0 radical (unpaired) electrons. The molecule has 3 aromatic rings. The van der Waals surface area contributed by atoms with E-state index in [1.54, 1.807) is 43.5 Å². The number of carbonyl (C=O) groups is 3. The zero-order valence-corrected chi connectivity index (χ0v) is 16.1. The standard InChI is InChI=1S/C22H20N4O3/c1-14-8-10-15(11-9-14)22(2)20(28)26(21(29)25-22)13-19(27)24-18-7-3-6-17-16(18)5-4-12-23-17/h3-12H,13H2,1-2H3,(H,24,27)(H,25,29)/t22-/m1/s1. The zero-order chi connectivity index (χ0) is 20.6. The van der Waals surface area contributed by atoms with Gasteiger partial charge < -0.3 is 10.6 Å². The maximum Gasteiger partial charge on any atom is 0.325 e. The molecule has 0 aliphatic carbocycles. The fourth-order valence-electron chi connectivity index (χ4n) is 3.47. The number of rotatable bonds is 4. The van der Waals surface area contributed by atoms with Crippen LogP contribution in [0.5, 0.6) is 0 Å². The number of nitrogens with zero attached hydrogens (tertiary/aromatic N) is 2. The average Bonchev–Trinajstić information content (AvgIpc) is 2.92. The van der Waals surface area contributed by atoms with Gasteiger partial charge in [-0.25, -0.2) is 4.79 Å². The van der Waals surface area contributed by atoms with E-state index in [-0.39, 0.29) is 6.54 Å². The molecule has 0 unspecified atom stereocenters. The number of aromatic nitrogens is 1. The van der Waals surface area contributed by atoms with Crippen molar-refractivity contribution in [2.75, 3.05) is 11.9 Å². The van der Waals surface area contributed by atoms with Crippen molar-refractivity contribution in [1.29, 1.82) is 0 Å². The molecule has 1 saturated heterocycles. The summed E-state index contributed by atoms with van der Waals surface area (Å²) in [6.45, 7) is 3.22. The van der Waals surface area contributed by atoms with Crippen LogP contribution in [0.2, 0.25) is 0 Å². The molecule has 2 aromatic carbocycles. The Morgan fingerprint density at radius 1 is 1.10 bits per heavy atom. The average molecular weight is 388 g/mol. The molecule has 2 heterocycles. The van der Waals surface area contributed by atoms with Gasteiger partial charge in [0.05, 0.1) is 11.2 Å². The van der Waals surface area contributed by atoms with Gasteiger partial charge in [-0.15, -0.1) is 0 Å². The van der Waals surface area contributed by atoms with Gasteiger partial charge in [-0.3, -0.25) is 19.5 Å². The second-order valence-electron chi connectivity index (χ2n) is 7.24. The Labute approximate surface area is 167 Å². The minimum absolute atomic E-state index is 0.372. The van der Waals surface area contributed by atoms with Crippen molar-refractivity contribution < 1.29 is 14.4 Å². The van der Waals surface area contributed by atoms with Crippen LogP contribution in [0, 0.1) is 6.92 Å². The maximum atomic E-state index is 13.0. The number of carbonyl (C=O) groups excluding carboxylic acids is 3. The number of anilines is 1. The normalized spacial score (nSPS) is 18.8. The van der Waals surface area contributed by atoms with Crippen LogP contribution in [0.1, 0.15) is 18.1 Å². The highest BCUT2D eigenvalue weighted by Gasteiger charge is 2.49. The number of urea groups is 1. The van der Waals surface area contributed by atoms with Crippen molar-refractivity contribution >= 4 is 34.4 Å². The lowest BCUT2D eigenvalue weighted by molar-refractivity contribution is -0.133. The predicted octanol–water partition coefficient (Wildman–Crippen LogP) is 2.95. The quantitative estimate of drug-likeness (QED) is 0.672. The van der Waals surface area contributed by atoms with E-state index in [2.05, 4.69) is 15.6 Å². The minimum atomic E-state index is -1.20. The van der Waals surface area contributed by atoms with Crippen molar-refractivity contribution in [3.8, 4) is 0 Å². The number of benzene rings is 2. The van der Waals surface area contributed by atoms with E-state index in [0.29, 0.717) is 11.3 Å². The molecule has 146 valence electrons. The summed E-state index contributed by atoms with van der Waals surface area (Å²) in [7, 11) is 0. The maximum absolute atomic E-state index is 13.0. The molecule has 0 bridgehead atoms. The van der Waals surface area contributed by atoms with Crippen molar-refractivity contribution in [1.82, 2.24) is 15.2 Å². The van der Waals surface area contributed by atoms with E-state index >= 15 is 0 Å². The van der Waals surface area contributed by atoms with Gasteiger partial charge in [0.2, 0.25) is 5.91 Å². The summed E-state index contributed by atoms with van der Waals surface area (Å²) in [5, 5.41) is 6.27. The SMILES string of the molecule is Cc1ccc([C@@]2(C)NC(=O)N(CC(=O)Nc3cccc4ncccc34)C2=O)cc1. The summed E-state index contributed by atoms with van der Waals surface area (Å²) in [5.41, 5.74) is 1.84. The van der Waals surface area contributed by atoms with Gasteiger partial charge >= 0.3 is 6.03 Å². The number of fused-ring (bicyclic) bond motifs is 1. The second kappa shape index (κ2) is 7.01. The molecule has 1 atom stereocenters. The van der Waals surface area contributed by atoms with Crippen LogP contribution in [0.25, 0.3) is 10.9 Å². The van der Waals surface area contributed by atoms with Crippen molar-refractivity contribution in [3.05, 3.63) is 71.9 Å². The Bertz CT molecular complexity index is 1120. The summed E-state index contributed by atoms with van der Waals surface area (Å²) in [5.74, 6) is -0.918. The second-order valence-corrected chi connectivity index (χ2v) is 7.24. The first kappa shape index (κ1) is 18.6. The smallest absolute Gasteiger partial charge is 0.324 e. The Kier molecular flexibility index (Phi) is 4.50. The number of pyridine rings is 1. The highest BCUT2D eigenvalue weighted by Crippen LogP contribution is 2.29. The number of imide groups is 1. The highest BCUT2D eigenvalue weighted by atomic mass is 16.2. The molecule has 7 nitrogen and oxygen atoms in total. The lowest BCUT2D eigenvalue weighted by atomic mass is 9.91. The monoisotopic (exact) mass is 388 g/mol. The van der Waals surface area contributed by atoms with E-state index in [1.807, 2.05) is 31.2 Å². The summed E-state index contributed by atoms with van der Waals surface area (Å²) in [6, 6.07) is 15.8. The Hall–Kier alpha value is -3.74. The van der Waals surface area contributed by atoms with E-state index in [4.69, 9.17) is 0 Å². The van der Waals surface area contributed by atoms with Gasteiger partial charge in [0.15, 0.2) is 0 Å². The van der Waals surface area contributed by atoms with Gasteiger partial charge in [0.25, 0.3) is 5.91 Å². The summed E-state index contributed by atoms with van der Waals surface area (Å²) < 4.78 is 0. The van der Waals surface area contributed by atoms with Crippen molar-refractivity contribution in [2.24, 2.45) is 0 Å². The molecule has 1 aliphatic rings. The Balaban J connectivity index is 1.53. The molecule has 1 aromatic heterocycles. The number of nitrogens with one attached hydrogen (secondary N) is 2. The van der Waals surface area contributed by atoms with E-state index in [0.717, 1.165) is 21.4 Å². The topological polar surface area (TPSA) is 91.4 Å². The molecule has 0 spiro atoms. The van der Waals surface area contributed by atoms with Crippen LogP contribution in [-0.2, 0) is 15.1 Å². The first-order valence-electron chi connectivity index (χ1n) is 9.23. The Morgan fingerprint density at radius 2 is 1.86 bits per heavy atom. The van der Waals surface area contributed by atoms with Crippen LogP contribution in [-0.4, -0.2) is 34.3 Å². The van der Waals surface area contributed by atoms with E-state index < -0.39 is 23.4 Å². The van der Waals surface area contributed by atoms with E-state index in [9.17, 15) is 14.4 Å². The number of amides is 4. The van der Waals surface area contributed by atoms with Gasteiger partial charge in [0.1, 0.15) is 12.1 Å². The van der Waals surface area contributed by atoms with Crippen LogP contribution < -0.4 is 10.6 Å². The van der Waals surface area contributed by atoms with Gasteiger partial charge in [-0.1, -0.05) is 35.9 Å².